The van der Waals surface area contributed by atoms with E-state index in [-0.39, 0.29) is 28.9 Å². The molecule has 9 heteroatoms. The van der Waals surface area contributed by atoms with Gasteiger partial charge in [0, 0.05) is 11.5 Å². The lowest BCUT2D eigenvalue weighted by Gasteiger charge is -2.16. The molecule has 158 valence electrons. The summed E-state index contributed by atoms with van der Waals surface area (Å²) in [5.74, 6) is 1.16. The molecule has 1 aromatic heterocycles. The van der Waals surface area contributed by atoms with Crippen molar-refractivity contribution in [3.63, 3.8) is 0 Å². The molecule has 0 aliphatic carbocycles. The van der Waals surface area contributed by atoms with Gasteiger partial charge in [0.15, 0.2) is 9.84 Å². The first-order chi connectivity index (χ1) is 13.5. The number of nitrogens with one attached hydrogen (secondary N) is 1. The quantitative estimate of drug-likeness (QED) is 0.797. The highest BCUT2D eigenvalue weighted by atomic mass is 32.2. The van der Waals surface area contributed by atoms with E-state index in [1.807, 2.05) is 20.8 Å². The Hall–Kier alpha value is -2.55. The van der Waals surface area contributed by atoms with Crippen LogP contribution in [0.5, 0.6) is 11.5 Å². The molecule has 0 bridgehead atoms. The molecular formula is C20H27N3O5S. The Kier molecular flexibility index (Phi) is 5.62. The third-order valence-electron chi connectivity index (χ3n) is 4.95. The Bertz CT molecular complexity index is 1020. The predicted octanol–water partition coefficient (Wildman–Crippen LogP) is 2.81. The Morgan fingerprint density at radius 2 is 1.93 bits per heavy atom. The Morgan fingerprint density at radius 1 is 1.21 bits per heavy atom. The van der Waals surface area contributed by atoms with Crippen LogP contribution in [-0.2, 0) is 15.3 Å². The topological polar surface area (TPSA) is 99.5 Å². The Morgan fingerprint density at radius 3 is 2.48 bits per heavy atom. The summed E-state index contributed by atoms with van der Waals surface area (Å²) in [6.45, 7) is 6.05. The van der Waals surface area contributed by atoms with Gasteiger partial charge in [0.1, 0.15) is 17.3 Å². The van der Waals surface area contributed by atoms with Gasteiger partial charge >= 0.3 is 0 Å². The predicted molar refractivity (Wildman–Crippen MR) is 111 cm³/mol. The van der Waals surface area contributed by atoms with Gasteiger partial charge in [0.05, 0.1) is 43.0 Å². The zero-order chi connectivity index (χ0) is 21.4. The fourth-order valence-electron chi connectivity index (χ4n) is 3.28. The lowest BCUT2D eigenvalue weighted by atomic mass is 9.92. The lowest BCUT2D eigenvalue weighted by molar-refractivity contribution is 0.102. The summed E-state index contributed by atoms with van der Waals surface area (Å²) in [5, 5.41) is 7.51. The van der Waals surface area contributed by atoms with Crippen LogP contribution in [0.15, 0.2) is 24.3 Å². The van der Waals surface area contributed by atoms with Crippen molar-refractivity contribution in [2.45, 2.75) is 38.6 Å². The van der Waals surface area contributed by atoms with Crippen LogP contribution in [-0.4, -0.2) is 49.8 Å². The molecule has 29 heavy (non-hydrogen) atoms. The van der Waals surface area contributed by atoms with E-state index in [0.717, 1.165) is 5.69 Å². The maximum atomic E-state index is 13.0. The van der Waals surface area contributed by atoms with Crippen molar-refractivity contribution in [2.24, 2.45) is 0 Å². The van der Waals surface area contributed by atoms with Crippen molar-refractivity contribution in [3.8, 4) is 11.5 Å². The highest BCUT2D eigenvalue weighted by molar-refractivity contribution is 7.91. The van der Waals surface area contributed by atoms with Gasteiger partial charge in [0.25, 0.3) is 5.91 Å². The van der Waals surface area contributed by atoms with Crippen molar-refractivity contribution >= 4 is 21.6 Å². The minimum Gasteiger partial charge on any atom is -0.497 e. The van der Waals surface area contributed by atoms with Gasteiger partial charge in [-0.3, -0.25) is 4.79 Å². The summed E-state index contributed by atoms with van der Waals surface area (Å²) in [4.78, 5) is 13.0. The van der Waals surface area contributed by atoms with Gasteiger partial charge in [-0.15, -0.1) is 0 Å². The molecule has 0 saturated carbocycles. The van der Waals surface area contributed by atoms with Gasteiger partial charge in [0.2, 0.25) is 0 Å². The molecule has 1 N–H and O–H groups in total. The number of aromatic nitrogens is 2. The number of rotatable bonds is 5. The molecule has 1 aliphatic rings. The molecule has 1 aromatic carbocycles. The second kappa shape index (κ2) is 7.70. The average Bonchev–Trinajstić information content (AvgIpc) is 3.23. The van der Waals surface area contributed by atoms with E-state index >= 15 is 0 Å². The van der Waals surface area contributed by atoms with Crippen LogP contribution in [0.2, 0.25) is 0 Å². The maximum absolute atomic E-state index is 13.0. The van der Waals surface area contributed by atoms with Crippen LogP contribution in [0.1, 0.15) is 49.3 Å². The molecule has 1 fully saturated rings. The summed E-state index contributed by atoms with van der Waals surface area (Å²) < 4.78 is 36.1. The second-order valence-corrected chi connectivity index (χ2v) is 10.4. The van der Waals surface area contributed by atoms with Crippen molar-refractivity contribution in [2.75, 3.05) is 31.0 Å². The molecule has 8 nitrogen and oxygen atoms in total. The molecule has 2 aromatic rings. The zero-order valence-electron chi connectivity index (χ0n) is 17.4. The van der Waals surface area contributed by atoms with Crippen LogP contribution in [0.25, 0.3) is 0 Å². The minimum atomic E-state index is -3.10. The summed E-state index contributed by atoms with van der Waals surface area (Å²) in [6, 6.07) is 6.46. The number of anilines is 1. The summed E-state index contributed by atoms with van der Waals surface area (Å²) in [6.07, 6.45) is 0.471. The molecule has 0 spiro atoms. The van der Waals surface area contributed by atoms with E-state index in [2.05, 4.69) is 10.4 Å². The van der Waals surface area contributed by atoms with E-state index in [0.29, 0.717) is 29.3 Å². The normalized spacial score (nSPS) is 18.4. The monoisotopic (exact) mass is 421 g/mol. The molecule has 3 rings (SSSR count). The highest BCUT2D eigenvalue weighted by Gasteiger charge is 2.33. The molecule has 1 atom stereocenters. The minimum absolute atomic E-state index is 0.0175. The maximum Gasteiger partial charge on any atom is 0.260 e. The Balaban J connectivity index is 1.98. The summed E-state index contributed by atoms with van der Waals surface area (Å²) >= 11 is 0. The van der Waals surface area contributed by atoms with E-state index < -0.39 is 9.84 Å². The second-order valence-electron chi connectivity index (χ2n) is 8.19. The third kappa shape index (κ3) is 4.55. The first kappa shape index (κ1) is 21.2. The van der Waals surface area contributed by atoms with E-state index in [1.165, 1.54) is 14.2 Å². The number of nitrogens with zero attached hydrogens (tertiary/aromatic N) is 2. The number of carbonyl (C=O) groups excluding carboxylic acids is 1. The number of hydrogen-bond donors (Lipinski definition) is 1. The largest absolute Gasteiger partial charge is 0.497 e. The standard InChI is InChI=1S/C20H27N3O5S/c1-20(2,3)17-11-18(23(22-17)13-8-9-29(25,26)12-13)21-19(24)15-10-14(27-4)6-7-16(15)28-5/h6-7,10-11,13H,8-9,12H2,1-5H3,(H,21,24). The van der Waals surface area contributed by atoms with Crippen LogP contribution in [0, 0.1) is 0 Å². The number of benzene rings is 1. The first-order valence-electron chi connectivity index (χ1n) is 9.38. The smallest absolute Gasteiger partial charge is 0.260 e. The van der Waals surface area contributed by atoms with Gasteiger partial charge in [-0.1, -0.05) is 20.8 Å². The zero-order valence-corrected chi connectivity index (χ0v) is 18.2. The van der Waals surface area contributed by atoms with Crippen molar-refractivity contribution in [1.82, 2.24) is 9.78 Å². The van der Waals surface area contributed by atoms with Crippen LogP contribution in [0.4, 0.5) is 5.82 Å². The van der Waals surface area contributed by atoms with E-state index in [1.54, 1.807) is 28.9 Å². The molecule has 2 heterocycles. The average molecular weight is 422 g/mol. The molecule has 1 unspecified atom stereocenters. The number of hydrogen-bond acceptors (Lipinski definition) is 6. The van der Waals surface area contributed by atoms with E-state index in [9.17, 15) is 13.2 Å². The number of ether oxygens (including phenoxy) is 2. The van der Waals surface area contributed by atoms with Gasteiger partial charge < -0.3 is 14.8 Å². The molecular weight excluding hydrogens is 394 g/mol. The number of amides is 1. The number of carbonyl (C=O) groups is 1. The Labute approximate surface area is 171 Å². The summed E-state index contributed by atoms with van der Waals surface area (Å²) in [7, 11) is -0.0844. The van der Waals surface area contributed by atoms with Crippen LogP contribution < -0.4 is 14.8 Å². The molecule has 1 aliphatic heterocycles. The van der Waals surface area contributed by atoms with Crippen LogP contribution in [0.3, 0.4) is 0 Å². The van der Waals surface area contributed by atoms with Gasteiger partial charge in [-0.05, 0) is 24.6 Å². The number of methoxy groups -OCH3 is 2. The highest BCUT2D eigenvalue weighted by Crippen LogP contribution is 2.32. The van der Waals surface area contributed by atoms with Crippen molar-refractivity contribution < 1.29 is 22.7 Å². The van der Waals surface area contributed by atoms with Crippen LogP contribution >= 0.6 is 0 Å². The van der Waals surface area contributed by atoms with Crippen molar-refractivity contribution in [3.05, 3.63) is 35.5 Å². The van der Waals surface area contributed by atoms with E-state index in [4.69, 9.17) is 9.47 Å². The number of sulfone groups is 1. The molecule has 1 saturated heterocycles. The van der Waals surface area contributed by atoms with Crippen molar-refractivity contribution in [1.29, 1.82) is 0 Å². The fraction of sp³-hybridized carbons (Fsp3) is 0.500. The summed E-state index contributed by atoms with van der Waals surface area (Å²) in [5.41, 5.74) is 0.834. The SMILES string of the molecule is COc1ccc(OC)c(C(=O)Nc2cc(C(C)(C)C)nn2C2CCS(=O)(=O)C2)c1. The molecule has 1 amide bonds. The third-order valence-corrected chi connectivity index (χ3v) is 6.70. The van der Waals surface area contributed by atoms with Gasteiger partial charge in [-0.25, -0.2) is 13.1 Å². The van der Waals surface area contributed by atoms with Gasteiger partial charge in [-0.2, -0.15) is 5.10 Å². The lowest BCUT2D eigenvalue weighted by Crippen LogP contribution is -2.20. The fourth-order valence-corrected chi connectivity index (χ4v) is 4.97. The molecule has 0 radical (unpaired) electrons. The first-order valence-corrected chi connectivity index (χ1v) is 11.2.